The lowest BCUT2D eigenvalue weighted by Gasteiger charge is -2.20. The zero-order valence-corrected chi connectivity index (χ0v) is 14.2. The predicted octanol–water partition coefficient (Wildman–Crippen LogP) is 4.58. The fourth-order valence-corrected chi connectivity index (χ4v) is 3.72. The van der Waals surface area contributed by atoms with E-state index in [1.54, 1.807) is 18.4 Å². The Balaban J connectivity index is 2.43. The van der Waals surface area contributed by atoms with Gasteiger partial charge in [-0.05, 0) is 47.5 Å². The molecule has 1 N–H and O–H groups in total. The molecule has 1 aromatic carbocycles. The third-order valence-corrected chi connectivity index (χ3v) is 4.84. The van der Waals surface area contributed by atoms with Crippen LogP contribution in [0.25, 0.3) is 0 Å². The predicted molar refractivity (Wildman–Crippen MR) is 91.6 cm³/mol. The van der Waals surface area contributed by atoms with Crippen molar-refractivity contribution in [2.45, 2.75) is 39.7 Å². The first kappa shape index (κ1) is 16.1. The maximum absolute atomic E-state index is 5.51. The maximum atomic E-state index is 5.51. The first-order valence-corrected chi connectivity index (χ1v) is 8.59. The van der Waals surface area contributed by atoms with Crippen LogP contribution in [0.5, 0.6) is 5.75 Å². The fraction of sp³-hybridized carbons (Fsp3) is 0.444. The van der Waals surface area contributed by atoms with Crippen LogP contribution in [0, 0.1) is 0 Å². The monoisotopic (exact) mass is 303 g/mol. The number of hydrogen-bond acceptors (Lipinski definition) is 3. The van der Waals surface area contributed by atoms with Gasteiger partial charge in [0.2, 0.25) is 0 Å². The standard InChI is InChI=1S/C18H25NOS/c1-5-13-8-9-15(12-14(13)6-2)17(19-7-3)18-16(20-4)10-11-21-18/h8-12,17,19H,5-7H2,1-4H3. The van der Waals surface area contributed by atoms with Crippen molar-refractivity contribution in [3.63, 3.8) is 0 Å². The number of thiophene rings is 1. The van der Waals surface area contributed by atoms with Crippen LogP contribution in [0.15, 0.2) is 29.6 Å². The van der Waals surface area contributed by atoms with Crippen molar-refractivity contribution in [2.24, 2.45) is 0 Å². The minimum atomic E-state index is 0.209. The highest BCUT2D eigenvalue weighted by Crippen LogP contribution is 2.35. The Morgan fingerprint density at radius 3 is 2.48 bits per heavy atom. The number of nitrogens with one attached hydrogen (secondary N) is 1. The summed E-state index contributed by atoms with van der Waals surface area (Å²) >= 11 is 1.75. The number of benzene rings is 1. The largest absolute Gasteiger partial charge is 0.496 e. The second kappa shape index (κ2) is 7.62. The molecule has 0 radical (unpaired) electrons. The van der Waals surface area contributed by atoms with Crippen molar-refractivity contribution in [1.82, 2.24) is 5.32 Å². The molecule has 0 aliphatic carbocycles. The zero-order valence-electron chi connectivity index (χ0n) is 13.4. The molecule has 2 aromatic rings. The van der Waals surface area contributed by atoms with Crippen molar-refractivity contribution in [2.75, 3.05) is 13.7 Å². The molecule has 0 saturated heterocycles. The lowest BCUT2D eigenvalue weighted by Crippen LogP contribution is -2.21. The van der Waals surface area contributed by atoms with Gasteiger partial charge in [-0.25, -0.2) is 0 Å². The van der Waals surface area contributed by atoms with Crippen molar-refractivity contribution < 1.29 is 4.74 Å². The van der Waals surface area contributed by atoms with Crippen LogP contribution in [0.4, 0.5) is 0 Å². The molecule has 0 aliphatic heterocycles. The van der Waals surface area contributed by atoms with Crippen molar-refractivity contribution in [1.29, 1.82) is 0 Å². The third-order valence-electron chi connectivity index (χ3n) is 3.87. The Kier molecular flexibility index (Phi) is 5.83. The molecule has 0 amide bonds. The lowest BCUT2D eigenvalue weighted by molar-refractivity contribution is 0.408. The van der Waals surface area contributed by atoms with Crippen molar-refractivity contribution in [3.8, 4) is 5.75 Å². The van der Waals surface area contributed by atoms with E-state index in [1.165, 1.54) is 21.6 Å². The van der Waals surface area contributed by atoms with Gasteiger partial charge in [-0.1, -0.05) is 39.0 Å². The van der Waals surface area contributed by atoms with E-state index in [0.717, 1.165) is 25.1 Å². The molecule has 1 aromatic heterocycles. The van der Waals surface area contributed by atoms with E-state index in [1.807, 2.05) is 6.07 Å². The van der Waals surface area contributed by atoms with Gasteiger partial charge in [0.15, 0.2) is 0 Å². The van der Waals surface area contributed by atoms with Crippen LogP contribution in [0.3, 0.4) is 0 Å². The Morgan fingerprint density at radius 1 is 1.10 bits per heavy atom. The maximum Gasteiger partial charge on any atom is 0.134 e. The Labute approximate surface area is 132 Å². The number of ether oxygens (including phenoxy) is 1. The van der Waals surface area contributed by atoms with E-state index in [2.05, 4.69) is 49.7 Å². The molecule has 2 nitrogen and oxygen atoms in total. The molecule has 1 heterocycles. The van der Waals surface area contributed by atoms with E-state index >= 15 is 0 Å². The van der Waals surface area contributed by atoms with Crippen LogP contribution in [0.2, 0.25) is 0 Å². The van der Waals surface area contributed by atoms with Gasteiger partial charge in [0.1, 0.15) is 5.75 Å². The Bertz CT molecular complexity index is 576. The third kappa shape index (κ3) is 3.47. The van der Waals surface area contributed by atoms with Gasteiger partial charge in [0.25, 0.3) is 0 Å². The summed E-state index contributed by atoms with van der Waals surface area (Å²) in [5, 5.41) is 5.69. The van der Waals surface area contributed by atoms with Crippen LogP contribution < -0.4 is 10.1 Å². The van der Waals surface area contributed by atoms with E-state index in [4.69, 9.17) is 4.74 Å². The van der Waals surface area contributed by atoms with Gasteiger partial charge in [0.05, 0.1) is 18.0 Å². The molecule has 3 heteroatoms. The summed E-state index contributed by atoms with van der Waals surface area (Å²) in [5.74, 6) is 0.976. The highest BCUT2D eigenvalue weighted by atomic mass is 32.1. The number of hydrogen-bond donors (Lipinski definition) is 1. The summed E-state index contributed by atoms with van der Waals surface area (Å²) < 4.78 is 5.51. The number of rotatable bonds is 7. The average molecular weight is 303 g/mol. The van der Waals surface area contributed by atoms with Crippen LogP contribution in [0.1, 0.15) is 48.4 Å². The average Bonchev–Trinajstić information content (AvgIpc) is 3.00. The summed E-state index contributed by atoms with van der Waals surface area (Å²) in [7, 11) is 1.74. The molecule has 0 fully saturated rings. The Morgan fingerprint density at radius 2 is 1.86 bits per heavy atom. The Hall–Kier alpha value is -1.32. The smallest absolute Gasteiger partial charge is 0.134 e. The first-order chi connectivity index (χ1) is 10.2. The molecule has 2 rings (SSSR count). The molecular formula is C18H25NOS. The van der Waals surface area contributed by atoms with Gasteiger partial charge in [-0.3, -0.25) is 0 Å². The minimum absolute atomic E-state index is 0.209. The van der Waals surface area contributed by atoms with Gasteiger partial charge >= 0.3 is 0 Å². The quantitative estimate of drug-likeness (QED) is 0.808. The SMILES string of the molecule is CCNC(c1ccc(CC)c(CC)c1)c1sccc1OC. The second-order valence-electron chi connectivity index (χ2n) is 5.08. The molecule has 0 aliphatic rings. The number of aryl methyl sites for hydroxylation is 2. The van der Waals surface area contributed by atoms with E-state index in [9.17, 15) is 0 Å². The summed E-state index contributed by atoms with van der Waals surface area (Å²) in [6, 6.07) is 9.14. The van der Waals surface area contributed by atoms with Gasteiger partial charge < -0.3 is 10.1 Å². The highest BCUT2D eigenvalue weighted by molar-refractivity contribution is 7.10. The van der Waals surface area contributed by atoms with E-state index in [0.29, 0.717) is 0 Å². The zero-order chi connectivity index (χ0) is 15.2. The van der Waals surface area contributed by atoms with Gasteiger partial charge in [0, 0.05) is 0 Å². The van der Waals surface area contributed by atoms with Gasteiger partial charge in [-0.15, -0.1) is 11.3 Å². The van der Waals surface area contributed by atoms with Crippen LogP contribution in [-0.2, 0) is 12.8 Å². The molecule has 114 valence electrons. The van der Waals surface area contributed by atoms with E-state index in [-0.39, 0.29) is 6.04 Å². The summed E-state index contributed by atoms with van der Waals surface area (Å²) in [6.45, 7) is 7.53. The molecule has 0 saturated carbocycles. The summed E-state index contributed by atoms with van der Waals surface area (Å²) in [4.78, 5) is 1.26. The highest BCUT2D eigenvalue weighted by Gasteiger charge is 2.19. The number of methoxy groups -OCH3 is 1. The molecule has 0 bridgehead atoms. The second-order valence-corrected chi connectivity index (χ2v) is 6.03. The van der Waals surface area contributed by atoms with Crippen LogP contribution >= 0.6 is 11.3 Å². The molecule has 1 atom stereocenters. The molecule has 1 unspecified atom stereocenters. The molecular weight excluding hydrogens is 278 g/mol. The summed E-state index contributed by atoms with van der Waals surface area (Å²) in [5.41, 5.74) is 4.23. The van der Waals surface area contributed by atoms with E-state index < -0.39 is 0 Å². The first-order valence-electron chi connectivity index (χ1n) is 7.71. The van der Waals surface area contributed by atoms with Crippen molar-refractivity contribution in [3.05, 3.63) is 51.2 Å². The topological polar surface area (TPSA) is 21.3 Å². The molecule has 21 heavy (non-hydrogen) atoms. The summed E-state index contributed by atoms with van der Waals surface area (Å²) in [6.07, 6.45) is 2.18. The lowest BCUT2D eigenvalue weighted by atomic mass is 9.96. The minimum Gasteiger partial charge on any atom is -0.496 e. The normalized spacial score (nSPS) is 12.4. The fourth-order valence-electron chi connectivity index (χ4n) is 2.75. The van der Waals surface area contributed by atoms with Crippen molar-refractivity contribution >= 4 is 11.3 Å². The van der Waals surface area contributed by atoms with Crippen LogP contribution in [-0.4, -0.2) is 13.7 Å². The van der Waals surface area contributed by atoms with Gasteiger partial charge in [-0.2, -0.15) is 0 Å². The molecule has 0 spiro atoms.